The Hall–Kier alpha value is -3.41. The van der Waals surface area contributed by atoms with Gasteiger partial charge >= 0.3 is 5.97 Å². The van der Waals surface area contributed by atoms with E-state index in [2.05, 4.69) is 20.2 Å². The number of aromatic nitrogens is 6. The Labute approximate surface area is 210 Å². The normalized spacial score (nSPS) is 11.3. The summed E-state index contributed by atoms with van der Waals surface area (Å²) in [5.74, 6) is -2.37. The molecule has 1 N–H and O–H groups in total. The zero-order valence-corrected chi connectivity index (χ0v) is 19.6. The molecule has 3 aromatic heterocycles. The second-order valence-corrected chi connectivity index (χ2v) is 8.41. The van der Waals surface area contributed by atoms with Crippen molar-refractivity contribution in [3.63, 3.8) is 0 Å². The molecular formula is C21H13Cl3F2N6O3. The number of halogens is 5. The minimum absolute atomic E-state index is 0.00699. The van der Waals surface area contributed by atoms with Crippen LogP contribution in [-0.2, 0) is 13.0 Å². The van der Waals surface area contributed by atoms with Crippen LogP contribution in [0.5, 0.6) is 0 Å². The first-order chi connectivity index (χ1) is 16.6. The predicted octanol–water partition coefficient (Wildman–Crippen LogP) is 4.93. The number of rotatable bonds is 8. The Balaban J connectivity index is 1.75. The number of hydrogen-bond donors (Lipinski definition) is 1. The van der Waals surface area contributed by atoms with Crippen LogP contribution in [0.4, 0.5) is 8.78 Å². The van der Waals surface area contributed by atoms with Crippen LogP contribution in [0.25, 0.3) is 5.82 Å². The van der Waals surface area contributed by atoms with Crippen LogP contribution in [-0.4, -0.2) is 46.4 Å². The Kier molecular flexibility index (Phi) is 7.10. The van der Waals surface area contributed by atoms with Gasteiger partial charge in [0, 0.05) is 22.7 Å². The lowest BCUT2D eigenvalue weighted by Crippen LogP contribution is -2.15. The quantitative estimate of drug-likeness (QED) is 0.315. The summed E-state index contributed by atoms with van der Waals surface area (Å²) < 4.78 is 28.0. The monoisotopic (exact) mass is 540 g/mol. The predicted molar refractivity (Wildman–Crippen MR) is 122 cm³/mol. The van der Waals surface area contributed by atoms with E-state index in [1.807, 2.05) is 0 Å². The minimum atomic E-state index is -2.84. The number of benzene rings is 1. The van der Waals surface area contributed by atoms with Crippen LogP contribution in [0, 0.1) is 0 Å². The molecule has 0 aliphatic carbocycles. The number of carboxylic acid groups (broad SMARTS) is 1. The molecule has 0 saturated carbocycles. The molecule has 0 saturated heterocycles. The number of carbonyl (C=O) groups is 2. The van der Waals surface area contributed by atoms with Crippen molar-refractivity contribution in [2.24, 2.45) is 0 Å². The average Bonchev–Trinajstić information content (AvgIpc) is 3.43. The first-order valence-electron chi connectivity index (χ1n) is 9.75. The molecule has 9 nitrogen and oxygen atoms in total. The molecule has 0 fully saturated rings. The SMILES string of the molecule is O=C(O)c1cc(Cl)cc(Cl)c1CC(=O)c1cc(Cn2cnc(C(F)F)n2)nn1-c1ncccc1Cl. The van der Waals surface area contributed by atoms with Crippen molar-refractivity contribution in [2.45, 2.75) is 19.4 Å². The third-order valence-corrected chi connectivity index (χ3v) is 5.64. The van der Waals surface area contributed by atoms with Gasteiger partial charge in [0.2, 0.25) is 5.82 Å². The fourth-order valence-corrected chi connectivity index (χ4v) is 4.04. The average molecular weight is 542 g/mol. The molecular weight excluding hydrogens is 529 g/mol. The van der Waals surface area contributed by atoms with Crippen molar-refractivity contribution >= 4 is 46.6 Å². The van der Waals surface area contributed by atoms with E-state index in [9.17, 15) is 23.5 Å². The van der Waals surface area contributed by atoms with Crippen LogP contribution in [0.3, 0.4) is 0 Å². The molecule has 1 aromatic carbocycles. The maximum Gasteiger partial charge on any atom is 0.336 e. The largest absolute Gasteiger partial charge is 0.478 e. The van der Waals surface area contributed by atoms with Gasteiger partial charge in [-0.15, -0.1) is 5.10 Å². The third kappa shape index (κ3) is 5.31. The Morgan fingerprint density at radius 1 is 1.06 bits per heavy atom. The van der Waals surface area contributed by atoms with Crippen LogP contribution in [0.1, 0.15) is 44.4 Å². The van der Waals surface area contributed by atoms with E-state index in [-0.39, 0.29) is 49.9 Å². The van der Waals surface area contributed by atoms with Gasteiger partial charge in [-0.25, -0.2) is 32.9 Å². The maximum absolute atomic E-state index is 13.3. The molecule has 14 heteroatoms. The van der Waals surface area contributed by atoms with Crippen molar-refractivity contribution in [2.75, 3.05) is 0 Å². The summed E-state index contributed by atoms with van der Waals surface area (Å²) in [6.45, 7) is -0.0838. The zero-order valence-electron chi connectivity index (χ0n) is 17.4. The van der Waals surface area contributed by atoms with Gasteiger partial charge in [0.05, 0.1) is 22.8 Å². The molecule has 4 aromatic rings. The van der Waals surface area contributed by atoms with E-state index in [4.69, 9.17) is 34.8 Å². The summed E-state index contributed by atoms with van der Waals surface area (Å²) >= 11 is 18.4. The molecule has 0 atom stereocenters. The summed E-state index contributed by atoms with van der Waals surface area (Å²) in [5.41, 5.74) is 0.117. The van der Waals surface area contributed by atoms with Gasteiger partial charge in [-0.2, -0.15) is 5.10 Å². The van der Waals surface area contributed by atoms with Crippen LogP contribution in [0.15, 0.2) is 42.9 Å². The maximum atomic E-state index is 13.3. The highest BCUT2D eigenvalue weighted by molar-refractivity contribution is 6.36. The zero-order chi connectivity index (χ0) is 25.3. The first kappa shape index (κ1) is 24.7. The van der Waals surface area contributed by atoms with E-state index in [1.54, 1.807) is 12.1 Å². The molecule has 0 radical (unpaired) electrons. The number of carbonyl (C=O) groups excluding carboxylic acids is 1. The molecule has 0 spiro atoms. The van der Waals surface area contributed by atoms with Crippen molar-refractivity contribution in [3.8, 4) is 5.82 Å². The molecule has 0 aliphatic heterocycles. The highest BCUT2D eigenvalue weighted by Gasteiger charge is 2.24. The summed E-state index contributed by atoms with van der Waals surface area (Å²) in [7, 11) is 0. The second kappa shape index (κ2) is 10.1. The van der Waals surface area contributed by atoms with Crippen LogP contribution < -0.4 is 0 Å². The van der Waals surface area contributed by atoms with E-state index < -0.39 is 30.4 Å². The summed E-state index contributed by atoms with van der Waals surface area (Å²) in [4.78, 5) is 32.7. The molecule has 4 rings (SSSR count). The molecule has 180 valence electrons. The van der Waals surface area contributed by atoms with Gasteiger partial charge in [-0.3, -0.25) is 4.79 Å². The minimum Gasteiger partial charge on any atom is -0.478 e. The van der Waals surface area contributed by atoms with E-state index in [1.165, 1.54) is 29.1 Å². The Morgan fingerprint density at radius 2 is 1.83 bits per heavy atom. The second-order valence-electron chi connectivity index (χ2n) is 7.16. The third-order valence-electron chi connectivity index (χ3n) is 4.79. The molecule has 0 unspecified atom stereocenters. The van der Waals surface area contributed by atoms with Gasteiger partial charge < -0.3 is 5.11 Å². The molecule has 0 bridgehead atoms. The lowest BCUT2D eigenvalue weighted by molar-refractivity contribution is 0.0696. The number of ketones is 1. The fraction of sp³-hybridized carbons (Fsp3) is 0.143. The molecule has 35 heavy (non-hydrogen) atoms. The number of carboxylic acids is 1. The number of nitrogens with zero attached hydrogens (tertiary/aromatic N) is 6. The number of hydrogen-bond acceptors (Lipinski definition) is 6. The highest BCUT2D eigenvalue weighted by atomic mass is 35.5. The topological polar surface area (TPSA) is 116 Å². The van der Waals surface area contributed by atoms with E-state index in [0.29, 0.717) is 0 Å². The number of Topliss-reactive ketones (excluding diaryl/α,β-unsaturated/α-hetero) is 1. The lowest BCUT2D eigenvalue weighted by atomic mass is 10.0. The van der Waals surface area contributed by atoms with Crippen molar-refractivity contribution in [1.82, 2.24) is 29.5 Å². The number of aromatic carboxylic acids is 1. The van der Waals surface area contributed by atoms with Gasteiger partial charge in [-0.05, 0) is 35.9 Å². The molecule has 3 heterocycles. The summed E-state index contributed by atoms with van der Waals surface area (Å²) in [6, 6.07) is 7.07. The molecule has 0 aliphatic rings. The van der Waals surface area contributed by atoms with E-state index in [0.717, 1.165) is 11.0 Å². The van der Waals surface area contributed by atoms with Gasteiger partial charge in [-0.1, -0.05) is 34.8 Å². The van der Waals surface area contributed by atoms with Crippen LogP contribution in [0.2, 0.25) is 15.1 Å². The van der Waals surface area contributed by atoms with Gasteiger partial charge in [0.25, 0.3) is 6.43 Å². The number of alkyl halides is 2. The smallest absolute Gasteiger partial charge is 0.336 e. The Bertz CT molecular complexity index is 1440. The fourth-order valence-electron chi connectivity index (χ4n) is 3.28. The van der Waals surface area contributed by atoms with Crippen molar-refractivity contribution in [3.05, 3.63) is 86.3 Å². The first-order valence-corrected chi connectivity index (χ1v) is 10.9. The number of pyridine rings is 1. The lowest BCUT2D eigenvalue weighted by Gasteiger charge is -2.10. The summed E-state index contributed by atoms with van der Waals surface area (Å²) in [6.07, 6.45) is -0.679. The van der Waals surface area contributed by atoms with Crippen molar-refractivity contribution in [1.29, 1.82) is 0 Å². The van der Waals surface area contributed by atoms with Gasteiger partial charge in [0.15, 0.2) is 11.6 Å². The van der Waals surface area contributed by atoms with Crippen molar-refractivity contribution < 1.29 is 23.5 Å². The highest BCUT2D eigenvalue weighted by Crippen LogP contribution is 2.28. The van der Waals surface area contributed by atoms with Crippen LogP contribution >= 0.6 is 34.8 Å². The van der Waals surface area contributed by atoms with Gasteiger partial charge in [0.1, 0.15) is 12.0 Å². The van der Waals surface area contributed by atoms with E-state index >= 15 is 0 Å². The Morgan fingerprint density at radius 3 is 2.49 bits per heavy atom. The molecule has 0 amide bonds. The summed E-state index contributed by atoms with van der Waals surface area (Å²) in [5, 5.41) is 17.9. The standard InChI is InChI=1S/C21H13Cl3F2N6O3/c22-10-4-13(21(34)35)12(15(24)5-10)7-17(33)16-6-11(8-31-9-28-19(30-31)18(25)26)29-32(16)20-14(23)2-1-3-27-20/h1-6,9,18H,7-8H2,(H,34,35).